The van der Waals surface area contributed by atoms with Gasteiger partial charge in [-0.3, -0.25) is 0 Å². The maximum absolute atomic E-state index is 11.6. The molecule has 1 heterocycles. The number of carbonyl (C=O) groups excluding carboxylic acids is 1. The molecule has 19 heavy (non-hydrogen) atoms. The Bertz CT molecular complexity index is 686. The number of rotatable bonds is 2. The summed E-state index contributed by atoms with van der Waals surface area (Å²) in [6.45, 7) is 1.82. The van der Waals surface area contributed by atoms with Gasteiger partial charge in [-0.1, -0.05) is 6.07 Å². The third-order valence-corrected chi connectivity index (χ3v) is 3.59. The summed E-state index contributed by atoms with van der Waals surface area (Å²) >= 11 is 3.33. The number of hydrogen-bond acceptors (Lipinski definition) is 4. The second-order valence-corrected chi connectivity index (χ2v) is 4.61. The zero-order valence-electron chi connectivity index (χ0n) is 10.3. The van der Waals surface area contributed by atoms with Gasteiger partial charge in [-0.15, -0.1) is 0 Å². The second kappa shape index (κ2) is 5.24. The van der Waals surface area contributed by atoms with Crippen LogP contribution in [0.5, 0.6) is 0 Å². The number of esters is 1. The Balaban J connectivity index is 2.57. The van der Waals surface area contributed by atoms with Crippen LogP contribution in [0, 0.1) is 18.3 Å². The fourth-order valence-electron chi connectivity index (χ4n) is 1.67. The van der Waals surface area contributed by atoms with Crippen LogP contribution in [0.25, 0.3) is 5.69 Å². The first-order valence-electron chi connectivity index (χ1n) is 5.42. The van der Waals surface area contributed by atoms with E-state index in [2.05, 4.69) is 31.8 Å². The van der Waals surface area contributed by atoms with Gasteiger partial charge >= 0.3 is 5.97 Å². The molecule has 6 heteroatoms. The lowest BCUT2D eigenvalue weighted by atomic mass is 10.2. The highest BCUT2D eigenvalue weighted by molar-refractivity contribution is 9.10. The summed E-state index contributed by atoms with van der Waals surface area (Å²) in [5.74, 6) is -0.509. The summed E-state index contributed by atoms with van der Waals surface area (Å²) < 4.78 is 6.85. The fraction of sp³-hybridized carbons (Fsp3) is 0.154. The van der Waals surface area contributed by atoms with Crippen molar-refractivity contribution in [1.29, 1.82) is 5.26 Å². The van der Waals surface area contributed by atoms with Crippen molar-refractivity contribution in [1.82, 2.24) is 9.78 Å². The normalized spacial score (nSPS) is 10.0. The first kappa shape index (κ1) is 13.3. The van der Waals surface area contributed by atoms with Crippen LogP contribution in [0.1, 0.15) is 21.7 Å². The average molecular weight is 320 g/mol. The number of aromatic nitrogens is 2. The number of methoxy groups -OCH3 is 1. The molecule has 0 aliphatic heterocycles. The fourth-order valence-corrected chi connectivity index (χ4v) is 2.08. The van der Waals surface area contributed by atoms with E-state index in [1.807, 2.05) is 13.0 Å². The molecule has 2 rings (SSSR count). The molecule has 0 saturated carbocycles. The summed E-state index contributed by atoms with van der Waals surface area (Å²) in [4.78, 5) is 11.6. The van der Waals surface area contributed by atoms with E-state index in [0.717, 1.165) is 5.69 Å². The van der Waals surface area contributed by atoms with Gasteiger partial charge in [0, 0.05) is 0 Å². The van der Waals surface area contributed by atoms with E-state index in [-0.39, 0.29) is 5.69 Å². The Hall–Kier alpha value is -2.13. The molecule has 0 amide bonds. The molecular formula is C13H10BrN3O2. The number of ether oxygens (including phenoxy) is 1. The van der Waals surface area contributed by atoms with Crippen LogP contribution < -0.4 is 0 Å². The number of nitrogens with zero attached hydrogens (tertiary/aromatic N) is 3. The Morgan fingerprint density at radius 3 is 2.89 bits per heavy atom. The van der Waals surface area contributed by atoms with E-state index in [4.69, 9.17) is 5.26 Å². The monoisotopic (exact) mass is 319 g/mol. The highest BCUT2D eigenvalue weighted by Crippen LogP contribution is 2.24. The van der Waals surface area contributed by atoms with Crippen molar-refractivity contribution in [2.45, 2.75) is 6.92 Å². The summed E-state index contributed by atoms with van der Waals surface area (Å²) in [6, 6.07) is 9.05. The topological polar surface area (TPSA) is 67.9 Å². The maximum atomic E-state index is 11.6. The second-order valence-electron chi connectivity index (χ2n) is 3.81. The van der Waals surface area contributed by atoms with Crippen molar-refractivity contribution >= 4 is 21.9 Å². The minimum absolute atomic E-state index is 0.211. The van der Waals surface area contributed by atoms with Crippen molar-refractivity contribution < 1.29 is 9.53 Å². The van der Waals surface area contributed by atoms with E-state index in [0.29, 0.717) is 15.7 Å². The Kier molecular flexibility index (Phi) is 3.67. The lowest BCUT2D eigenvalue weighted by Crippen LogP contribution is -2.05. The van der Waals surface area contributed by atoms with E-state index in [9.17, 15) is 4.79 Å². The number of carbonyl (C=O) groups is 1. The van der Waals surface area contributed by atoms with Crippen LogP contribution >= 0.6 is 15.9 Å². The standard InChI is InChI=1S/C13H10BrN3O2/c1-8-11(14)12(13(18)19-2)16-17(8)10-5-3-4-9(6-10)7-15/h3-6H,1-2H3. The van der Waals surface area contributed by atoms with Gasteiger partial charge in [-0.2, -0.15) is 10.4 Å². The molecule has 0 aliphatic carbocycles. The molecule has 0 spiro atoms. The third-order valence-electron chi connectivity index (χ3n) is 2.64. The predicted octanol–water partition coefficient (Wildman–Crippen LogP) is 2.60. The van der Waals surface area contributed by atoms with Gasteiger partial charge in [0.2, 0.25) is 0 Å². The molecule has 0 fully saturated rings. The highest BCUT2D eigenvalue weighted by atomic mass is 79.9. The molecule has 0 saturated heterocycles. The molecule has 0 unspecified atom stereocenters. The van der Waals surface area contributed by atoms with Gasteiger partial charge in [0.05, 0.1) is 34.6 Å². The SMILES string of the molecule is COC(=O)c1nn(-c2cccc(C#N)c2)c(C)c1Br. The van der Waals surface area contributed by atoms with Gasteiger partial charge in [0.15, 0.2) is 5.69 Å². The number of halogens is 1. The molecule has 96 valence electrons. The quantitative estimate of drug-likeness (QED) is 0.798. The molecule has 5 nitrogen and oxygen atoms in total. The smallest absolute Gasteiger partial charge is 0.359 e. The first-order valence-corrected chi connectivity index (χ1v) is 6.21. The third kappa shape index (κ3) is 2.37. The maximum Gasteiger partial charge on any atom is 0.359 e. The number of nitriles is 1. The van der Waals surface area contributed by atoms with Crippen molar-refractivity contribution in [3.05, 3.63) is 45.7 Å². The molecular weight excluding hydrogens is 310 g/mol. The molecule has 0 N–H and O–H groups in total. The Morgan fingerprint density at radius 2 is 2.26 bits per heavy atom. The van der Waals surface area contributed by atoms with Gasteiger partial charge in [0.25, 0.3) is 0 Å². The largest absolute Gasteiger partial charge is 0.464 e. The lowest BCUT2D eigenvalue weighted by molar-refractivity contribution is 0.0592. The van der Waals surface area contributed by atoms with Crippen molar-refractivity contribution in [2.75, 3.05) is 7.11 Å². The summed E-state index contributed by atoms with van der Waals surface area (Å²) in [7, 11) is 1.30. The van der Waals surface area contributed by atoms with Gasteiger partial charge in [-0.25, -0.2) is 9.48 Å². The van der Waals surface area contributed by atoms with Crippen LogP contribution in [0.15, 0.2) is 28.7 Å². The summed E-state index contributed by atoms with van der Waals surface area (Å²) in [5.41, 5.74) is 2.22. The molecule has 2 aromatic rings. The van der Waals surface area contributed by atoms with Crippen LogP contribution in [0.4, 0.5) is 0 Å². The van der Waals surface area contributed by atoms with Crippen molar-refractivity contribution in [2.24, 2.45) is 0 Å². The highest BCUT2D eigenvalue weighted by Gasteiger charge is 2.20. The van der Waals surface area contributed by atoms with Crippen LogP contribution in [0.2, 0.25) is 0 Å². The lowest BCUT2D eigenvalue weighted by Gasteiger charge is -2.04. The minimum Gasteiger partial charge on any atom is -0.464 e. The summed E-state index contributed by atoms with van der Waals surface area (Å²) in [5, 5.41) is 13.1. The Morgan fingerprint density at radius 1 is 1.53 bits per heavy atom. The minimum atomic E-state index is -0.509. The predicted molar refractivity (Wildman–Crippen MR) is 72.1 cm³/mol. The Labute approximate surface area is 118 Å². The van der Waals surface area contributed by atoms with Crippen LogP contribution in [-0.4, -0.2) is 22.9 Å². The van der Waals surface area contributed by atoms with Gasteiger partial charge in [-0.05, 0) is 41.1 Å². The zero-order valence-corrected chi connectivity index (χ0v) is 11.9. The number of benzene rings is 1. The molecule has 1 aromatic carbocycles. The van der Waals surface area contributed by atoms with E-state index < -0.39 is 5.97 Å². The van der Waals surface area contributed by atoms with E-state index in [1.54, 1.807) is 22.9 Å². The van der Waals surface area contributed by atoms with Crippen molar-refractivity contribution in [3.8, 4) is 11.8 Å². The van der Waals surface area contributed by atoms with Crippen molar-refractivity contribution in [3.63, 3.8) is 0 Å². The molecule has 0 radical (unpaired) electrons. The van der Waals surface area contributed by atoms with E-state index in [1.165, 1.54) is 7.11 Å². The molecule has 0 atom stereocenters. The average Bonchev–Trinajstić information content (AvgIpc) is 2.75. The first-order chi connectivity index (χ1) is 9.08. The summed E-state index contributed by atoms with van der Waals surface area (Å²) in [6.07, 6.45) is 0. The molecule has 0 bridgehead atoms. The van der Waals surface area contributed by atoms with Crippen LogP contribution in [-0.2, 0) is 4.74 Å². The van der Waals surface area contributed by atoms with E-state index >= 15 is 0 Å². The van der Waals surface area contributed by atoms with Crippen LogP contribution in [0.3, 0.4) is 0 Å². The van der Waals surface area contributed by atoms with Gasteiger partial charge < -0.3 is 4.74 Å². The zero-order chi connectivity index (χ0) is 14.0. The van der Waals surface area contributed by atoms with Gasteiger partial charge in [0.1, 0.15) is 0 Å². The number of hydrogen-bond donors (Lipinski definition) is 0. The molecule has 0 aliphatic rings. The molecule has 1 aromatic heterocycles.